The lowest BCUT2D eigenvalue weighted by Gasteiger charge is -2.15. The number of pyridine rings is 1. The van der Waals surface area contributed by atoms with Gasteiger partial charge in [0, 0.05) is 6.20 Å². The normalized spacial score (nSPS) is 12.5. The fraction of sp³-hybridized carbons (Fsp3) is 0.214. The highest BCUT2D eigenvalue weighted by Gasteiger charge is 2.13. The topological polar surface area (TPSA) is 33.1 Å². The molecule has 2 nitrogen and oxygen atoms in total. The number of aryl methyl sites for hydroxylation is 2. The van der Waals surface area contributed by atoms with Crippen molar-refractivity contribution in [2.24, 2.45) is 0 Å². The van der Waals surface area contributed by atoms with Gasteiger partial charge in [0.05, 0.1) is 0 Å². The first-order chi connectivity index (χ1) is 8.08. The predicted octanol–water partition coefficient (Wildman–Crippen LogP) is 3.43. The van der Waals surface area contributed by atoms with E-state index < -0.39 is 6.10 Å². The van der Waals surface area contributed by atoms with Crippen molar-refractivity contribution in [1.82, 2.24) is 4.98 Å². The molecule has 3 heteroatoms. The van der Waals surface area contributed by atoms with Crippen LogP contribution in [0.25, 0.3) is 0 Å². The molecule has 0 saturated carbocycles. The largest absolute Gasteiger partial charge is 0.384 e. The maximum atomic E-state index is 10.3. The summed E-state index contributed by atoms with van der Waals surface area (Å²) in [7, 11) is 0. The zero-order valence-electron chi connectivity index (χ0n) is 9.81. The summed E-state index contributed by atoms with van der Waals surface area (Å²) in [6.07, 6.45) is 0.946. The molecule has 88 valence electrons. The van der Waals surface area contributed by atoms with E-state index in [0.29, 0.717) is 5.15 Å². The van der Waals surface area contributed by atoms with Gasteiger partial charge in [0.2, 0.25) is 0 Å². The first kappa shape index (κ1) is 12.1. The molecule has 1 unspecified atom stereocenters. The van der Waals surface area contributed by atoms with Gasteiger partial charge in [-0.25, -0.2) is 4.98 Å². The summed E-state index contributed by atoms with van der Waals surface area (Å²) in [6.45, 7) is 4.00. The van der Waals surface area contributed by atoms with Crippen molar-refractivity contribution in [1.29, 1.82) is 0 Å². The van der Waals surface area contributed by atoms with Gasteiger partial charge in [-0.05, 0) is 42.7 Å². The smallest absolute Gasteiger partial charge is 0.129 e. The molecule has 1 heterocycles. The fourth-order valence-electron chi connectivity index (χ4n) is 1.82. The van der Waals surface area contributed by atoms with Crippen LogP contribution in [0.5, 0.6) is 0 Å². The quantitative estimate of drug-likeness (QED) is 0.825. The summed E-state index contributed by atoms with van der Waals surface area (Å²) in [6, 6.07) is 9.50. The van der Waals surface area contributed by atoms with Gasteiger partial charge >= 0.3 is 0 Å². The molecule has 2 aromatic rings. The molecule has 1 N–H and O–H groups in total. The summed E-state index contributed by atoms with van der Waals surface area (Å²) in [5.41, 5.74) is 3.87. The third-order valence-electron chi connectivity index (χ3n) is 2.80. The minimum absolute atomic E-state index is 0.395. The summed E-state index contributed by atoms with van der Waals surface area (Å²) < 4.78 is 0. The second-order valence-corrected chi connectivity index (χ2v) is 4.56. The van der Waals surface area contributed by atoms with Crippen LogP contribution in [-0.4, -0.2) is 10.1 Å². The number of nitrogens with zero attached hydrogens (tertiary/aromatic N) is 1. The molecule has 2 rings (SSSR count). The maximum absolute atomic E-state index is 10.3. The lowest BCUT2D eigenvalue weighted by molar-refractivity contribution is 0.219. The van der Waals surface area contributed by atoms with Crippen molar-refractivity contribution in [3.05, 3.63) is 63.9 Å². The number of halogens is 1. The molecule has 17 heavy (non-hydrogen) atoms. The lowest BCUT2D eigenvalue weighted by Crippen LogP contribution is -2.02. The number of aliphatic hydroxyl groups is 1. The third kappa shape index (κ3) is 2.65. The molecule has 0 radical (unpaired) electrons. The average Bonchev–Trinajstić information content (AvgIpc) is 2.31. The van der Waals surface area contributed by atoms with Crippen LogP contribution in [0, 0.1) is 13.8 Å². The second kappa shape index (κ2) is 4.86. The Balaban J connectivity index is 2.43. The van der Waals surface area contributed by atoms with Crippen molar-refractivity contribution in [2.45, 2.75) is 20.0 Å². The zero-order chi connectivity index (χ0) is 12.4. The highest BCUT2D eigenvalue weighted by Crippen LogP contribution is 2.26. The molecule has 1 aromatic heterocycles. The van der Waals surface area contributed by atoms with Crippen LogP contribution in [0.1, 0.15) is 28.4 Å². The van der Waals surface area contributed by atoms with E-state index in [9.17, 15) is 5.11 Å². The fourth-order valence-corrected chi connectivity index (χ4v) is 2.00. The molecule has 0 bridgehead atoms. The Labute approximate surface area is 106 Å². The number of aliphatic hydroxyl groups excluding tert-OH is 1. The first-order valence-electron chi connectivity index (χ1n) is 5.44. The summed E-state index contributed by atoms with van der Waals surface area (Å²) >= 11 is 5.83. The molecule has 1 atom stereocenters. The highest BCUT2D eigenvalue weighted by molar-refractivity contribution is 6.29. The molecule has 0 aliphatic rings. The van der Waals surface area contributed by atoms with Crippen molar-refractivity contribution in [2.75, 3.05) is 0 Å². The van der Waals surface area contributed by atoms with E-state index in [1.807, 2.05) is 32.0 Å². The number of hydrogen-bond donors (Lipinski definition) is 1. The van der Waals surface area contributed by atoms with Crippen molar-refractivity contribution in [3.63, 3.8) is 0 Å². The van der Waals surface area contributed by atoms with Gasteiger partial charge in [0.25, 0.3) is 0 Å². The van der Waals surface area contributed by atoms with Crippen molar-refractivity contribution < 1.29 is 5.11 Å². The highest BCUT2D eigenvalue weighted by atomic mass is 35.5. The molecule has 0 aliphatic carbocycles. The SMILES string of the molecule is Cc1ccc(C)c(C(O)c2ccnc(Cl)c2)c1. The van der Waals surface area contributed by atoms with Crippen LogP contribution in [0.4, 0.5) is 0 Å². The van der Waals surface area contributed by atoms with Gasteiger partial charge in [0.15, 0.2) is 0 Å². The van der Waals surface area contributed by atoms with E-state index in [2.05, 4.69) is 4.98 Å². The van der Waals surface area contributed by atoms with Crippen LogP contribution in [0.3, 0.4) is 0 Å². The number of benzene rings is 1. The van der Waals surface area contributed by atoms with E-state index in [-0.39, 0.29) is 0 Å². The molecule has 0 saturated heterocycles. The van der Waals surface area contributed by atoms with Gasteiger partial charge in [-0.3, -0.25) is 0 Å². The third-order valence-corrected chi connectivity index (χ3v) is 3.00. The maximum Gasteiger partial charge on any atom is 0.129 e. The average molecular weight is 248 g/mol. The van der Waals surface area contributed by atoms with Gasteiger partial charge in [-0.1, -0.05) is 35.4 Å². The van der Waals surface area contributed by atoms with Gasteiger partial charge in [-0.15, -0.1) is 0 Å². The van der Waals surface area contributed by atoms with E-state index in [1.54, 1.807) is 18.3 Å². The summed E-state index contributed by atoms with van der Waals surface area (Å²) in [5, 5.41) is 10.7. The Morgan fingerprint density at radius 1 is 1.18 bits per heavy atom. The predicted molar refractivity (Wildman–Crippen MR) is 69.2 cm³/mol. The van der Waals surface area contributed by atoms with E-state index in [0.717, 1.165) is 22.3 Å². The van der Waals surface area contributed by atoms with Gasteiger partial charge < -0.3 is 5.11 Å². The van der Waals surface area contributed by atoms with E-state index >= 15 is 0 Å². The number of hydrogen-bond acceptors (Lipinski definition) is 2. The van der Waals surface area contributed by atoms with Crippen molar-refractivity contribution in [3.8, 4) is 0 Å². The molecular formula is C14H14ClNO. The Morgan fingerprint density at radius 2 is 1.94 bits per heavy atom. The molecular weight excluding hydrogens is 234 g/mol. The first-order valence-corrected chi connectivity index (χ1v) is 5.82. The van der Waals surface area contributed by atoms with Crippen molar-refractivity contribution >= 4 is 11.6 Å². The molecule has 0 amide bonds. The molecule has 0 fully saturated rings. The molecule has 1 aromatic carbocycles. The van der Waals surface area contributed by atoms with Crippen LogP contribution in [-0.2, 0) is 0 Å². The minimum atomic E-state index is -0.657. The second-order valence-electron chi connectivity index (χ2n) is 4.17. The Kier molecular flexibility index (Phi) is 3.46. The monoisotopic (exact) mass is 247 g/mol. The zero-order valence-corrected chi connectivity index (χ0v) is 10.6. The van der Waals surface area contributed by atoms with Gasteiger partial charge in [0.1, 0.15) is 11.3 Å². The van der Waals surface area contributed by atoms with Crippen LogP contribution in [0.15, 0.2) is 36.5 Å². The van der Waals surface area contributed by atoms with Crippen LogP contribution >= 0.6 is 11.6 Å². The standard InChI is InChI=1S/C14H14ClNO/c1-9-3-4-10(2)12(7-9)14(17)11-5-6-16-13(15)8-11/h3-8,14,17H,1-2H3. The number of rotatable bonds is 2. The Hall–Kier alpha value is -1.38. The summed E-state index contributed by atoms with van der Waals surface area (Å²) in [5.74, 6) is 0. The Bertz CT molecular complexity index is 539. The molecule has 0 spiro atoms. The minimum Gasteiger partial charge on any atom is -0.384 e. The van der Waals surface area contributed by atoms with E-state index in [4.69, 9.17) is 11.6 Å². The summed E-state index contributed by atoms with van der Waals surface area (Å²) in [4.78, 5) is 3.91. The van der Waals surface area contributed by atoms with Gasteiger partial charge in [-0.2, -0.15) is 0 Å². The lowest BCUT2D eigenvalue weighted by atomic mass is 9.96. The molecule has 0 aliphatic heterocycles. The Morgan fingerprint density at radius 3 is 2.65 bits per heavy atom. The van der Waals surface area contributed by atoms with Crippen LogP contribution < -0.4 is 0 Å². The number of aromatic nitrogens is 1. The van der Waals surface area contributed by atoms with E-state index in [1.165, 1.54) is 0 Å². The van der Waals surface area contributed by atoms with Crippen LogP contribution in [0.2, 0.25) is 5.15 Å².